The number of hydrogen-bond acceptors (Lipinski definition) is 6. The normalized spacial score (nSPS) is 11.2. The summed E-state index contributed by atoms with van der Waals surface area (Å²) in [4.78, 5) is 13.9. The SMILES string of the molecule is O=[N+]([O-])c1ccccc1S(=O)(=O)Nc1ccc(-n2cccn2)nc1. The quantitative estimate of drug-likeness (QED) is 0.557. The molecule has 0 amide bonds. The van der Waals surface area contributed by atoms with E-state index in [1.807, 2.05) is 0 Å². The van der Waals surface area contributed by atoms with E-state index in [0.29, 0.717) is 5.82 Å². The Bertz CT molecular complexity index is 969. The van der Waals surface area contributed by atoms with E-state index in [0.717, 1.165) is 6.07 Å². The first-order valence-corrected chi connectivity index (χ1v) is 8.18. The van der Waals surface area contributed by atoms with E-state index in [2.05, 4.69) is 14.8 Å². The van der Waals surface area contributed by atoms with E-state index < -0.39 is 25.5 Å². The largest absolute Gasteiger partial charge is 0.289 e. The topological polar surface area (TPSA) is 120 Å². The molecule has 0 spiro atoms. The molecular weight excluding hydrogens is 334 g/mol. The molecule has 2 aromatic heterocycles. The summed E-state index contributed by atoms with van der Waals surface area (Å²) in [6.07, 6.45) is 4.59. The van der Waals surface area contributed by atoms with Crippen LogP contribution in [-0.4, -0.2) is 28.1 Å². The van der Waals surface area contributed by atoms with Crippen LogP contribution in [-0.2, 0) is 10.0 Å². The van der Waals surface area contributed by atoms with Crippen molar-refractivity contribution in [1.29, 1.82) is 0 Å². The third-order valence-electron chi connectivity index (χ3n) is 3.09. The summed E-state index contributed by atoms with van der Waals surface area (Å²) in [5.41, 5.74) is -0.310. The monoisotopic (exact) mass is 345 g/mol. The Morgan fingerprint density at radius 1 is 1.12 bits per heavy atom. The summed E-state index contributed by atoms with van der Waals surface area (Å²) in [7, 11) is -4.11. The lowest BCUT2D eigenvalue weighted by molar-refractivity contribution is -0.387. The predicted molar refractivity (Wildman–Crippen MR) is 85.3 cm³/mol. The molecule has 3 rings (SSSR count). The molecule has 0 bridgehead atoms. The van der Waals surface area contributed by atoms with Crippen LogP contribution in [0.4, 0.5) is 11.4 Å². The highest BCUT2D eigenvalue weighted by Gasteiger charge is 2.25. The molecular formula is C14H11N5O4S. The van der Waals surface area contributed by atoms with Gasteiger partial charge in [-0.2, -0.15) is 5.10 Å². The van der Waals surface area contributed by atoms with Crippen molar-refractivity contribution in [3.05, 3.63) is 71.2 Å². The third-order valence-corrected chi connectivity index (χ3v) is 4.52. The van der Waals surface area contributed by atoms with Gasteiger partial charge in [0.25, 0.3) is 15.7 Å². The Kier molecular flexibility index (Phi) is 3.96. The van der Waals surface area contributed by atoms with E-state index in [-0.39, 0.29) is 5.69 Å². The fraction of sp³-hybridized carbons (Fsp3) is 0. The van der Waals surface area contributed by atoms with Gasteiger partial charge in [-0.1, -0.05) is 12.1 Å². The average molecular weight is 345 g/mol. The van der Waals surface area contributed by atoms with Crippen LogP contribution in [0.15, 0.2) is 66.0 Å². The van der Waals surface area contributed by atoms with Crippen molar-refractivity contribution >= 4 is 21.4 Å². The minimum atomic E-state index is -4.11. The first kappa shape index (κ1) is 15.6. The number of anilines is 1. The zero-order valence-electron chi connectivity index (χ0n) is 12.1. The molecule has 3 aromatic rings. The zero-order valence-corrected chi connectivity index (χ0v) is 12.9. The smallest absolute Gasteiger partial charge is 0.278 e. The summed E-state index contributed by atoms with van der Waals surface area (Å²) >= 11 is 0. The fourth-order valence-corrected chi connectivity index (χ4v) is 3.25. The summed E-state index contributed by atoms with van der Waals surface area (Å²) < 4.78 is 28.6. The van der Waals surface area contributed by atoms with Crippen LogP contribution in [0.5, 0.6) is 0 Å². The van der Waals surface area contributed by atoms with Gasteiger partial charge in [0.1, 0.15) is 0 Å². The van der Waals surface area contributed by atoms with Gasteiger partial charge in [0.05, 0.1) is 16.8 Å². The van der Waals surface area contributed by atoms with Gasteiger partial charge in [0.15, 0.2) is 10.7 Å². The first-order valence-electron chi connectivity index (χ1n) is 6.70. The van der Waals surface area contributed by atoms with Gasteiger partial charge in [0, 0.05) is 18.5 Å². The number of benzene rings is 1. The predicted octanol–water partition coefficient (Wildman–Crippen LogP) is 1.98. The molecule has 1 N–H and O–H groups in total. The number of nitro benzene ring substituents is 1. The van der Waals surface area contributed by atoms with Crippen LogP contribution >= 0.6 is 0 Å². The van der Waals surface area contributed by atoms with Gasteiger partial charge in [0.2, 0.25) is 0 Å². The van der Waals surface area contributed by atoms with Gasteiger partial charge in [-0.3, -0.25) is 14.8 Å². The maximum atomic E-state index is 12.4. The van der Waals surface area contributed by atoms with Crippen molar-refractivity contribution in [1.82, 2.24) is 14.8 Å². The number of pyridine rings is 1. The molecule has 9 nitrogen and oxygen atoms in total. The molecule has 0 saturated carbocycles. The van der Waals surface area contributed by atoms with Crippen molar-refractivity contribution in [2.45, 2.75) is 4.90 Å². The molecule has 0 aliphatic carbocycles. The second kappa shape index (κ2) is 6.08. The first-order chi connectivity index (χ1) is 11.5. The molecule has 0 saturated heterocycles. The molecule has 0 fully saturated rings. The average Bonchev–Trinajstić information content (AvgIpc) is 3.10. The molecule has 2 heterocycles. The second-order valence-corrected chi connectivity index (χ2v) is 6.34. The van der Waals surface area contributed by atoms with Gasteiger partial charge in [-0.15, -0.1) is 0 Å². The molecule has 0 aliphatic rings. The van der Waals surface area contributed by atoms with Crippen LogP contribution in [0.3, 0.4) is 0 Å². The summed E-state index contributed by atoms with van der Waals surface area (Å²) in [6, 6.07) is 9.92. The summed E-state index contributed by atoms with van der Waals surface area (Å²) in [5, 5.41) is 15.0. The van der Waals surface area contributed by atoms with E-state index in [4.69, 9.17) is 0 Å². The van der Waals surface area contributed by atoms with Crippen LogP contribution in [0.2, 0.25) is 0 Å². The van der Waals surface area contributed by atoms with Crippen LogP contribution < -0.4 is 4.72 Å². The molecule has 0 atom stereocenters. The number of sulfonamides is 1. The van der Waals surface area contributed by atoms with E-state index in [1.54, 1.807) is 24.5 Å². The molecule has 0 unspecified atom stereocenters. The molecule has 24 heavy (non-hydrogen) atoms. The number of hydrogen-bond donors (Lipinski definition) is 1. The molecule has 1 aromatic carbocycles. The second-order valence-electron chi connectivity index (χ2n) is 4.69. The van der Waals surface area contributed by atoms with Crippen LogP contribution in [0.25, 0.3) is 5.82 Å². The standard InChI is InChI=1S/C14H11N5O4S/c20-19(21)12-4-1-2-5-13(12)24(22,23)17-11-6-7-14(15-10-11)18-9-3-8-16-18/h1-10,17H. The van der Waals surface area contributed by atoms with Crippen molar-refractivity contribution < 1.29 is 13.3 Å². The lowest BCUT2D eigenvalue weighted by atomic mass is 10.3. The van der Waals surface area contributed by atoms with E-state index in [1.165, 1.54) is 35.1 Å². The Morgan fingerprint density at radius 3 is 2.54 bits per heavy atom. The van der Waals surface area contributed by atoms with E-state index in [9.17, 15) is 18.5 Å². The van der Waals surface area contributed by atoms with Gasteiger partial charge >= 0.3 is 0 Å². The Morgan fingerprint density at radius 2 is 1.92 bits per heavy atom. The van der Waals surface area contributed by atoms with Crippen LogP contribution in [0, 0.1) is 10.1 Å². The van der Waals surface area contributed by atoms with Crippen molar-refractivity contribution in [2.75, 3.05) is 4.72 Å². The van der Waals surface area contributed by atoms with Crippen molar-refractivity contribution in [2.24, 2.45) is 0 Å². The van der Waals surface area contributed by atoms with Crippen molar-refractivity contribution in [3.63, 3.8) is 0 Å². The number of aromatic nitrogens is 3. The maximum Gasteiger partial charge on any atom is 0.289 e. The number of nitrogens with one attached hydrogen (secondary N) is 1. The minimum Gasteiger partial charge on any atom is -0.278 e. The highest BCUT2D eigenvalue weighted by molar-refractivity contribution is 7.92. The molecule has 0 aliphatic heterocycles. The molecule has 122 valence electrons. The number of para-hydroxylation sites is 1. The summed E-state index contributed by atoms with van der Waals surface area (Å²) in [6.45, 7) is 0. The molecule has 0 radical (unpaired) electrons. The van der Waals surface area contributed by atoms with Crippen LogP contribution in [0.1, 0.15) is 0 Å². The highest BCUT2D eigenvalue weighted by Crippen LogP contribution is 2.25. The molecule has 10 heteroatoms. The van der Waals surface area contributed by atoms with Crippen molar-refractivity contribution in [3.8, 4) is 5.82 Å². The minimum absolute atomic E-state index is 0.184. The highest BCUT2D eigenvalue weighted by atomic mass is 32.2. The fourth-order valence-electron chi connectivity index (χ4n) is 2.03. The van der Waals surface area contributed by atoms with E-state index >= 15 is 0 Å². The summed E-state index contributed by atoms with van der Waals surface area (Å²) in [5.74, 6) is 0.508. The number of nitrogens with zero attached hydrogens (tertiary/aromatic N) is 4. The van der Waals surface area contributed by atoms with Gasteiger partial charge in [-0.25, -0.2) is 18.1 Å². The lowest BCUT2D eigenvalue weighted by Crippen LogP contribution is -2.15. The van der Waals surface area contributed by atoms with Gasteiger partial charge < -0.3 is 0 Å². The Balaban J connectivity index is 1.89. The Hall–Kier alpha value is -3.27. The lowest BCUT2D eigenvalue weighted by Gasteiger charge is -2.08. The third kappa shape index (κ3) is 3.08. The Labute approximate surface area is 136 Å². The number of rotatable bonds is 5. The van der Waals surface area contributed by atoms with Gasteiger partial charge in [-0.05, 0) is 24.3 Å². The maximum absolute atomic E-state index is 12.4. The zero-order chi connectivity index (χ0) is 17.2. The number of nitro groups is 1.